The third kappa shape index (κ3) is 6.51. The molecular formula is C24H36IN5OS. The summed E-state index contributed by atoms with van der Waals surface area (Å²) in [5.74, 6) is 1.82. The lowest BCUT2D eigenvalue weighted by molar-refractivity contribution is 0.245. The van der Waals surface area contributed by atoms with Gasteiger partial charge >= 0.3 is 0 Å². The first kappa shape index (κ1) is 25.1. The van der Waals surface area contributed by atoms with Gasteiger partial charge in [-0.3, -0.25) is 9.89 Å². The van der Waals surface area contributed by atoms with Gasteiger partial charge in [0.15, 0.2) is 5.96 Å². The number of hydrogen-bond donors (Lipinski definition) is 2. The Morgan fingerprint density at radius 3 is 2.44 bits per heavy atom. The summed E-state index contributed by atoms with van der Waals surface area (Å²) in [4.78, 5) is 9.59. The molecule has 0 amide bonds. The lowest BCUT2D eigenvalue weighted by Gasteiger charge is -2.34. The predicted octanol–water partition coefficient (Wildman–Crippen LogP) is 4.35. The summed E-state index contributed by atoms with van der Waals surface area (Å²) in [7, 11) is 3.59. The molecular weight excluding hydrogens is 533 g/mol. The smallest absolute Gasteiger partial charge is 0.191 e. The molecule has 0 spiro atoms. The molecule has 1 aromatic carbocycles. The lowest BCUT2D eigenvalue weighted by atomic mass is 10.0. The summed E-state index contributed by atoms with van der Waals surface area (Å²) in [5, 5.41) is 10.8. The van der Waals surface area contributed by atoms with Crippen molar-refractivity contribution in [1.82, 2.24) is 15.5 Å². The van der Waals surface area contributed by atoms with E-state index >= 15 is 0 Å². The van der Waals surface area contributed by atoms with E-state index in [-0.39, 0.29) is 24.0 Å². The molecule has 0 aliphatic carbocycles. The number of thiophene rings is 1. The van der Waals surface area contributed by atoms with Gasteiger partial charge in [0.05, 0.1) is 18.2 Å². The SMILES string of the molecule is CN=C(NCC(c1ccc(OC)cc1)N1CCCC1)NC1CCN(c2cccs2)CC1.I. The number of benzene rings is 1. The zero-order valence-corrected chi connectivity index (χ0v) is 22.3. The maximum absolute atomic E-state index is 5.34. The van der Waals surface area contributed by atoms with Crippen LogP contribution in [0.3, 0.4) is 0 Å². The highest BCUT2D eigenvalue weighted by Crippen LogP contribution is 2.27. The third-order valence-electron chi connectivity index (χ3n) is 6.42. The van der Waals surface area contributed by atoms with E-state index in [4.69, 9.17) is 4.74 Å². The first-order valence-electron chi connectivity index (χ1n) is 11.4. The van der Waals surface area contributed by atoms with E-state index in [1.54, 1.807) is 7.11 Å². The number of hydrogen-bond acceptors (Lipinski definition) is 5. The maximum atomic E-state index is 5.34. The van der Waals surface area contributed by atoms with Gasteiger partial charge < -0.3 is 20.3 Å². The molecule has 8 heteroatoms. The van der Waals surface area contributed by atoms with Gasteiger partial charge in [-0.25, -0.2) is 0 Å². The number of likely N-dealkylation sites (tertiary alicyclic amines) is 1. The van der Waals surface area contributed by atoms with Crippen molar-refractivity contribution in [1.29, 1.82) is 0 Å². The molecule has 2 aromatic rings. The highest BCUT2D eigenvalue weighted by molar-refractivity contribution is 14.0. The number of methoxy groups -OCH3 is 1. The van der Waals surface area contributed by atoms with Gasteiger partial charge in [0.25, 0.3) is 0 Å². The fraction of sp³-hybridized carbons (Fsp3) is 0.542. The predicted molar refractivity (Wildman–Crippen MR) is 146 cm³/mol. The van der Waals surface area contributed by atoms with Crippen molar-refractivity contribution in [3.8, 4) is 5.75 Å². The second-order valence-electron chi connectivity index (χ2n) is 8.34. The van der Waals surface area contributed by atoms with Crippen LogP contribution in [-0.2, 0) is 0 Å². The Morgan fingerprint density at radius 2 is 1.84 bits per heavy atom. The number of nitrogens with zero attached hydrogens (tertiary/aromatic N) is 3. The Balaban J connectivity index is 0.00000289. The Labute approximate surface area is 213 Å². The molecule has 1 atom stereocenters. The van der Waals surface area contributed by atoms with Gasteiger partial charge in [-0.2, -0.15) is 0 Å². The molecule has 2 N–H and O–H groups in total. The quantitative estimate of drug-likeness (QED) is 0.295. The van der Waals surface area contributed by atoms with Crippen LogP contribution in [-0.4, -0.2) is 63.8 Å². The molecule has 0 bridgehead atoms. The summed E-state index contributed by atoms with van der Waals surface area (Å²) in [6.45, 7) is 5.35. The van der Waals surface area contributed by atoms with Crippen LogP contribution in [0.4, 0.5) is 5.00 Å². The number of ether oxygens (including phenoxy) is 1. The van der Waals surface area contributed by atoms with Crippen LogP contribution >= 0.6 is 35.3 Å². The molecule has 4 rings (SSSR count). The fourth-order valence-electron chi connectivity index (χ4n) is 4.61. The van der Waals surface area contributed by atoms with Gasteiger partial charge in [-0.05, 0) is 74.0 Å². The molecule has 2 aliphatic rings. The van der Waals surface area contributed by atoms with E-state index in [1.165, 1.54) is 23.4 Å². The highest BCUT2D eigenvalue weighted by Gasteiger charge is 2.25. The first-order valence-corrected chi connectivity index (χ1v) is 12.3. The minimum atomic E-state index is 0. The Hall–Kier alpha value is -1.52. The summed E-state index contributed by atoms with van der Waals surface area (Å²) in [5.41, 5.74) is 1.33. The Bertz CT molecular complexity index is 815. The number of rotatable bonds is 7. The first-order chi connectivity index (χ1) is 15.3. The fourth-order valence-corrected chi connectivity index (χ4v) is 5.40. The molecule has 32 heavy (non-hydrogen) atoms. The van der Waals surface area contributed by atoms with Crippen molar-refractivity contribution in [2.24, 2.45) is 4.99 Å². The topological polar surface area (TPSA) is 52.1 Å². The minimum absolute atomic E-state index is 0. The van der Waals surface area contributed by atoms with Crippen LogP contribution in [0.2, 0.25) is 0 Å². The second-order valence-corrected chi connectivity index (χ2v) is 9.27. The van der Waals surface area contributed by atoms with Crippen molar-refractivity contribution < 1.29 is 4.74 Å². The number of halogens is 1. The molecule has 0 radical (unpaired) electrons. The van der Waals surface area contributed by atoms with Crippen molar-refractivity contribution in [3.05, 3.63) is 47.3 Å². The van der Waals surface area contributed by atoms with E-state index < -0.39 is 0 Å². The number of piperidine rings is 1. The molecule has 1 aromatic heterocycles. The standard InChI is InChI=1S/C24H35N5OS.HI/c1-25-24(27-20-11-15-29(16-12-20)23-6-5-17-31-23)26-18-22(28-13-3-4-14-28)19-7-9-21(30-2)10-8-19;/h5-10,17,20,22H,3-4,11-16,18H2,1-2H3,(H2,25,26,27);1H. The Morgan fingerprint density at radius 1 is 1.12 bits per heavy atom. The minimum Gasteiger partial charge on any atom is -0.497 e. The Kier molecular flexibility index (Phi) is 9.92. The van der Waals surface area contributed by atoms with Gasteiger partial charge in [0, 0.05) is 32.7 Å². The van der Waals surface area contributed by atoms with E-state index in [9.17, 15) is 0 Å². The van der Waals surface area contributed by atoms with Crippen LogP contribution in [0, 0.1) is 0 Å². The lowest BCUT2D eigenvalue weighted by Crippen LogP contribution is -2.50. The largest absolute Gasteiger partial charge is 0.497 e. The molecule has 3 heterocycles. The van der Waals surface area contributed by atoms with Gasteiger partial charge in [0.2, 0.25) is 0 Å². The van der Waals surface area contributed by atoms with Crippen LogP contribution in [0.15, 0.2) is 46.8 Å². The van der Waals surface area contributed by atoms with E-state index in [0.717, 1.165) is 57.3 Å². The number of anilines is 1. The van der Waals surface area contributed by atoms with Crippen LogP contribution < -0.4 is 20.3 Å². The monoisotopic (exact) mass is 569 g/mol. The van der Waals surface area contributed by atoms with Crippen LogP contribution in [0.5, 0.6) is 5.75 Å². The van der Waals surface area contributed by atoms with E-state index in [1.807, 2.05) is 18.4 Å². The second kappa shape index (κ2) is 12.6. The molecule has 2 saturated heterocycles. The third-order valence-corrected chi connectivity index (χ3v) is 7.35. The normalized spacial score (nSPS) is 18.8. The number of aliphatic imine (C=N–C) groups is 1. The van der Waals surface area contributed by atoms with E-state index in [2.05, 4.69) is 67.2 Å². The summed E-state index contributed by atoms with van der Waals surface area (Å²) < 4.78 is 5.34. The van der Waals surface area contributed by atoms with Gasteiger partial charge in [-0.1, -0.05) is 12.1 Å². The van der Waals surface area contributed by atoms with Gasteiger partial charge in [-0.15, -0.1) is 35.3 Å². The van der Waals surface area contributed by atoms with Gasteiger partial charge in [0.1, 0.15) is 5.75 Å². The van der Waals surface area contributed by atoms with Crippen LogP contribution in [0.1, 0.15) is 37.3 Å². The number of guanidine groups is 1. The zero-order valence-electron chi connectivity index (χ0n) is 19.1. The summed E-state index contributed by atoms with van der Waals surface area (Å²) in [6, 6.07) is 13.7. The average molecular weight is 570 g/mol. The van der Waals surface area contributed by atoms with Crippen LogP contribution in [0.25, 0.3) is 0 Å². The molecule has 176 valence electrons. The zero-order chi connectivity index (χ0) is 21.5. The average Bonchev–Trinajstić information content (AvgIpc) is 3.54. The molecule has 2 fully saturated rings. The molecule has 6 nitrogen and oxygen atoms in total. The van der Waals surface area contributed by atoms with Crippen molar-refractivity contribution in [2.45, 2.75) is 37.8 Å². The van der Waals surface area contributed by atoms with Crippen molar-refractivity contribution in [2.75, 3.05) is 51.8 Å². The number of nitrogens with one attached hydrogen (secondary N) is 2. The highest BCUT2D eigenvalue weighted by atomic mass is 127. The molecule has 0 saturated carbocycles. The van der Waals surface area contributed by atoms with Crippen molar-refractivity contribution in [3.63, 3.8) is 0 Å². The summed E-state index contributed by atoms with van der Waals surface area (Å²) in [6.07, 6.45) is 4.82. The molecule has 1 unspecified atom stereocenters. The van der Waals surface area contributed by atoms with E-state index in [0.29, 0.717) is 12.1 Å². The summed E-state index contributed by atoms with van der Waals surface area (Å²) >= 11 is 1.83. The van der Waals surface area contributed by atoms with Crippen molar-refractivity contribution >= 4 is 46.3 Å². The maximum Gasteiger partial charge on any atom is 0.191 e. The molecule has 2 aliphatic heterocycles.